The second-order valence-corrected chi connectivity index (χ2v) is 5.29. The molecule has 0 radical (unpaired) electrons. The maximum absolute atomic E-state index is 6.03. The summed E-state index contributed by atoms with van der Waals surface area (Å²) in [6.45, 7) is 5.97. The van der Waals surface area contributed by atoms with E-state index in [0.717, 1.165) is 50.4 Å². The van der Waals surface area contributed by atoms with Crippen LogP contribution in [0.1, 0.15) is 57.1 Å². The van der Waals surface area contributed by atoms with Crippen molar-refractivity contribution in [3.63, 3.8) is 0 Å². The van der Waals surface area contributed by atoms with Gasteiger partial charge in [0.25, 0.3) is 0 Å². The molecule has 0 atom stereocenters. The van der Waals surface area contributed by atoms with Gasteiger partial charge in [0.05, 0.1) is 13.2 Å². The van der Waals surface area contributed by atoms with Crippen LogP contribution in [0.2, 0.25) is 0 Å². The molecule has 2 rings (SSSR count). The summed E-state index contributed by atoms with van der Waals surface area (Å²) in [5.74, 6) is 1.98. The van der Waals surface area contributed by atoms with Crippen LogP contribution >= 0.6 is 0 Å². The number of ether oxygens (including phenoxy) is 2. The molecule has 0 amide bonds. The van der Waals surface area contributed by atoms with E-state index >= 15 is 0 Å². The third-order valence-electron chi connectivity index (χ3n) is 3.69. The van der Waals surface area contributed by atoms with E-state index in [2.05, 4.69) is 26.0 Å². The molecule has 0 unspecified atom stereocenters. The molecule has 0 heterocycles. The Hall–Kier alpha value is -1.18. The van der Waals surface area contributed by atoms with Crippen LogP contribution in [0, 0.1) is 0 Å². The minimum absolute atomic E-state index is 0.791. The van der Waals surface area contributed by atoms with Gasteiger partial charge in [0.15, 0.2) is 11.5 Å². The van der Waals surface area contributed by atoms with Crippen molar-refractivity contribution in [3.05, 3.63) is 23.3 Å². The summed E-state index contributed by atoms with van der Waals surface area (Å²) in [5, 5.41) is 0. The third kappa shape index (κ3) is 3.65. The van der Waals surface area contributed by atoms with E-state index in [1.165, 1.54) is 30.4 Å². The molecule has 0 N–H and O–H groups in total. The zero-order valence-electron chi connectivity index (χ0n) is 12.3. The van der Waals surface area contributed by atoms with Gasteiger partial charge < -0.3 is 9.47 Å². The summed E-state index contributed by atoms with van der Waals surface area (Å²) in [7, 11) is 0. The molecule has 1 aliphatic rings. The van der Waals surface area contributed by atoms with Crippen molar-refractivity contribution in [3.8, 4) is 11.5 Å². The summed E-state index contributed by atoms with van der Waals surface area (Å²) < 4.78 is 11.9. The molecule has 0 bridgehead atoms. The van der Waals surface area contributed by atoms with Crippen molar-refractivity contribution in [2.24, 2.45) is 0 Å². The maximum Gasteiger partial charge on any atom is 0.164 e. The summed E-state index contributed by atoms with van der Waals surface area (Å²) in [4.78, 5) is 0. The van der Waals surface area contributed by atoms with Gasteiger partial charge in [-0.1, -0.05) is 32.8 Å². The average molecular weight is 262 g/mol. The van der Waals surface area contributed by atoms with Crippen LogP contribution in [-0.2, 0) is 12.8 Å². The van der Waals surface area contributed by atoms with E-state index in [1.807, 2.05) is 0 Å². The second kappa shape index (κ2) is 7.42. The molecule has 2 heteroatoms. The molecule has 1 aromatic rings. The minimum atomic E-state index is 0.791. The van der Waals surface area contributed by atoms with Crippen molar-refractivity contribution in [2.75, 3.05) is 13.2 Å². The highest BCUT2D eigenvalue weighted by molar-refractivity contribution is 5.52. The van der Waals surface area contributed by atoms with Crippen molar-refractivity contribution in [1.29, 1.82) is 0 Å². The Kier molecular flexibility index (Phi) is 5.56. The standard InChI is InChI=1S/C17H26O2/c1-3-5-12-18-16-11-10-14-8-7-9-15(14)17(16)19-13-6-4-2/h10-11H,3-9,12-13H2,1-2H3. The number of hydrogen-bond acceptors (Lipinski definition) is 2. The molecular formula is C17H26O2. The first kappa shape index (κ1) is 14.2. The summed E-state index contributed by atoms with van der Waals surface area (Å²) >= 11 is 0. The Morgan fingerprint density at radius 3 is 2.42 bits per heavy atom. The lowest BCUT2D eigenvalue weighted by molar-refractivity contribution is 0.260. The predicted molar refractivity (Wildman–Crippen MR) is 79.3 cm³/mol. The molecule has 0 spiro atoms. The number of fused-ring (bicyclic) bond motifs is 1. The molecule has 19 heavy (non-hydrogen) atoms. The number of rotatable bonds is 8. The van der Waals surface area contributed by atoms with E-state index in [4.69, 9.17) is 9.47 Å². The van der Waals surface area contributed by atoms with Crippen LogP contribution in [0.5, 0.6) is 11.5 Å². The zero-order valence-corrected chi connectivity index (χ0v) is 12.3. The summed E-state index contributed by atoms with van der Waals surface area (Å²) in [6.07, 6.45) is 8.12. The van der Waals surface area contributed by atoms with Gasteiger partial charge >= 0.3 is 0 Å². The second-order valence-electron chi connectivity index (χ2n) is 5.29. The smallest absolute Gasteiger partial charge is 0.164 e. The van der Waals surface area contributed by atoms with Gasteiger partial charge in [0.2, 0.25) is 0 Å². The highest BCUT2D eigenvalue weighted by Gasteiger charge is 2.19. The van der Waals surface area contributed by atoms with Crippen molar-refractivity contribution >= 4 is 0 Å². The highest BCUT2D eigenvalue weighted by Crippen LogP contribution is 2.38. The lowest BCUT2D eigenvalue weighted by atomic mass is 10.1. The normalized spacial score (nSPS) is 13.4. The van der Waals surface area contributed by atoms with Crippen LogP contribution in [0.3, 0.4) is 0 Å². The number of hydrogen-bond donors (Lipinski definition) is 0. The van der Waals surface area contributed by atoms with Gasteiger partial charge in [0, 0.05) is 5.56 Å². The average Bonchev–Trinajstić information content (AvgIpc) is 2.89. The Morgan fingerprint density at radius 2 is 1.68 bits per heavy atom. The first-order chi connectivity index (χ1) is 9.36. The predicted octanol–water partition coefficient (Wildman–Crippen LogP) is 4.53. The molecule has 1 aromatic carbocycles. The molecule has 0 saturated carbocycles. The first-order valence-electron chi connectivity index (χ1n) is 7.77. The lowest BCUT2D eigenvalue weighted by Crippen LogP contribution is -2.04. The Balaban J connectivity index is 2.11. The minimum Gasteiger partial charge on any atom is -0.490 e. The first-order valence-corrected chi connectivity index (χ1v) is 7.77. The van der Waals surface area contributed by atoms with Crippen LogP contribution in [0.4, 0.5) is 0 Å². The molecule has 0 saturated heterocycles. The molecule has 0 aliphatic heterocycles. The Labute approximate surface area is 117 Å². The van der Waals surface area contributed by atoms with Crippen LogP contribution < -0.4 is 9.47 Å². The van der Waals surface area contributed by atoms with E-state index in [9.17, 15) is 0 Å². The van der Waals surface area contributed by atoms with Gasteiger partial charge in [-0.2, -0.15) is 0 Å². The van der Waals surface area contributed by atoms with E-state index in [1.54, 1.807) is 0 Å². The van der Waals surface area contributed by atoms with E-state index in [0.29, 0.717) is 0 Å². The summed E-state index contributed by atoms with van der Waals surface area (Å²) in [5.41, 5.74) is 2.85. The van der Waals surface area contributed by atoms with Gasteiger partial charge in [-0.15, -0.1) is 0 Å². The fraction of sp³-hybridized carbons (Fsp3) is 0.647. The largest absolute Gasteiger partial charge is 0.490 e. The van der Waals surface area contributed by atoms with E-state index < -0.39 is 0 Å². The third-order valence-corrected chi connectivity index (χ3v) is 3.69. The molecular weight excluding hydrogens is 236 g/mol. The topological polar surface area (TPSA) is 18.5 Å². The molecule has 106 valence electrons. The number of aryl methyl sites for hydroxylation is 1. The van der Waals surface area contributed by atoms with Crippen LogP contribution in [-0.4, -0.2) is 13.2 Å². The highest BCUT2D eigenvalue weighted by atomic mass is 16.5. The van der Waals surface area contributed by atoms with Gasteiger partial charge in [-0.25, -0.2) is 0 Å². The fourth-order valence-electron chi connectivity index (χ4n) is 2.53. The van der Waals surface area contributed by atoms with Crippen LogP contribution in [0.15, 0.2) is 12.1 Å². The van der Waals surface area contributed by atoms with E-state index in [-0.39, 0.29) is 0 Å². The SMILES string of the molecule is CCCCOc1ccc2c(c1OCCCC)CCC2. The van der Waals surface area contributed by atoms with Crippen molar-refractivity contribution in [2.45, 2.75) is 58.8 Å². The van der Waals surface area contributed by atoms with Gasteiger partial charge in [0.1, 0.15) is 0 Å². The van der Waals surface area contributed by atoms with Gasteiger partial charge in [-0.05, 0) is 43.7 Å². The van der Waals surface area contributed by atoms with Gasteiger partial charge in [-0.3, -0.25) is 0 Å². The Morgan fingerprint density at radius 1 is 0.947 bits per heavy atom. The monoisotopic (exact) mass is 262 g/mol. The molecule has 0 aromatic heterocycles. The van der Waals surface area contributed by atoms with Crippen molar-refractivity contribution < 1.29 is 9.47 Å². The fourth-order valence-corrected chi connectivity index (χ4v) is 2.53. The quantitative estimate of drug-likeness (QED) is 0.641. The molecule has 2 nitrogen and oxygen atoms in total. The van der Waals surface area contributed by atoms with Crippen molar-refractivity contribution in [1.82, 2.24) is 0 Å². The lowest BCUT2D eigenvalue weighted by Gasteiger charge is -2.16. The molecule has 1 aliphatic carbocycles. The zero-order chi connectivity index (χ0) is 13.5. The van der Waals surface area contributed by atoms with Crippen LogP contribution in [0.25, 0.3) is 0 Å². The molecule has 0 fully saturated rings. The number of benzene rings is 1. The maximum atomic E-state index is 6.03. The summed E-state index contributed by atoms with van der Waals surface area (Å²) in [6, 6.07) is 4.32. The number of unbranched alkanes of at least 4 members (excludes halogenated alkanes) is 2. The Bertz CT molecular complexity index is 398.